The lowest BCUT2D eigenvalue weighted by atomic mass is 10.1. The standard InChI is InChI=1S/C14H23NO2/c1-4-6-13(11-16-2)15-10-12-7-5-8-14(9-12)17-3/h5,7-9,13,15H,4,6,10-11H2,1-3H3. The summed E-state index contributed by atoms with van der Waals surface area (Å²) in [7, 11) is 3.44. The van der Waals surface area contributed by atoms with Crippen LogP contribution >= 0.6 is 0 Å². The summed E-state index contributed by atoms with van der Waals surface area (Å²) in [6, 6.07) is 8.56. The van der Waals surface area contributed by atoms with Crippen molar-refractivity contribution in [3.8, 4) is 5.75 Å². The summed E-state index contributed by atoms with van der Waals surface area (Å²) in [6.07, 6.45) is 2.30. The van der Waals surface area contributed by atoms with E-state index in [2.05, 4.69) is 24.4 Å². The highest BCUT2D eigenvalue weighted by Crippen LogP contribution is 2.12. The molecule has 96 valence electrons. The summed E-state index contributed by atoms with van der Waals surface area (Å²) in [6.45, 7) is 3.80. The van der Waals surface area contributed by atoms with Crippen molar-refractivity contribution in [3.63, 3.8) is 0 Å². The first kappa shape index (κ1) is 14.0. The van der Waals surface area contributed by atoms with Crippen LogP contribution in [0, 0.1) is 0 Å². The van der Waals surface area contributed by atoms with E-state index in [0.717, 1.165) is 25.3 Å². The van der Waals surface area contributed by atoms with Gasteiger partial charge in [-0.3, -0.25) is 0 Å². The van der Waals surface area contributed by atoms with Gasteiger partial charge in [0.1, 0.15) is 5.75 Å². The van der Waals surface area contributed by atoms with Crippen LogP contribution in [-0.4, -0.2) is 26.9 Å². The molecule has 0 aliphatic heterocycles. The molecule has 1 aromatic carbocycles. The minimum atomic E-state index is 0.427. The summed E-state index contributed by atoms with van der Waals surface area (Å²) in [5.74, 6) is 0.906. The van der Waals surface area contributed by atoms with Crippen LogP contribution in [0.25, 0.3) is 0 Å². The topological polar surface area (TPSA) is 30.5 Å². The molecule has 3 heteroatoms. The Morgan fingerprint density at radius 1 is 1.29 bits per heavy atom. The highest BCUT2D eigenvalue weighted by Gasteiger charge is 2.06. The molecule has 1 atom stereocenters. The third kappa shape index (κ3) is 5.20. The summed E-state index contributed by atoms with van der Waals surface area (Å²) in [5.41, 5.74) is 1.24. The summed E-state index contributed by atoms with van der Waals surface area (Å²) >= 11 is 0. The van der Waals surface area contributed by atoms with E-state index in [1.165, 1.54) is 12.0 Å². The Hall–Kier alpha value is -1.06. The number of hydrogen-bond donors (Lipinski definition) is 1. The van der Waals surface area contributed by atoms with Crippen LogP contribution in [0.1, 0.15) is 25.3 Å². The fraction of sp³-hybridized carbons (Fsp3) is 0.571. The van der Waals surface area contributed by atoms with Gasteiger partial charge in [-0.1, -0.05) is 25.5 Å². The molecule has 0 saturated heterocycles. The Morgan fingerprint density at radius 2 is 2.12 bits per heavy atom. The Bertz CT molecular complexity index is 309. The molecule has 17 heavy (non-hydrogen) atoms. The molecule has 0 bridgehead atoms. The van der Waals surface area contributed by atoms with Gasteiger partial charge in [-0.2, -0.15) is 0 Å². The number of hydrogen-bond acceptors (Lipinski definition) is 3. The lowest BCUT2D eigenvalue weighted by molar-refractivity contribution is 0.161. The van der Waals surface area contributed by atoms with Crippen molar-refractivity contribution < 1.29 is 9.47 Å². The Labute approximate surface area is 104 Å². The van der Waals surface area contributed by atoms with Gasteiger partial charge in [0.25, 0.3) is 0 Å². The molecular weight excluding hydrogens is 214 g/mol. The van der Waals surface area contributed by atoms with Crippen LogP contribution in [0.2, 0.25) is 0 Å². The zero-order valence-electron chi connectivity index (χ0n) is 11.0. The fourth-order valence-electron chi connectivity index (χ4n) is 1.84. The fourth-order valence-corrected chi connectivity index (χ4v) is 1.84. The number of benzene rings is 1. The minimum Gasteiger partial charge on any atom is -0.497 e. The van der Waals surface area contributed by atoms with E-state index in [4.69, 9.17) is 9.47 Å². The van der Waals surface area contributed by atoms with E-state index < -0.39 is 0 Å². The predicted molar refractivity (Wildman–Crippen MR) is 70.4 cm³/mol. The predicted octanol–water partition coefficient (Wildman–Crippen LogP) is 2.60. The lowest BCUT2D eigenvalue weighted by Gasteiger charge is -2.17. The van der Waals surface area contributed by atoms with Crippen LogP contribution in [0.3, 0.4) is 0 Å². The van der Waals surface area contributed by atoms with E-state index in [1.807, 2.05) is 12.1 Å². The van der Waals surface area contributed by atoms with Crippen LogP contribution < -0.4 is 10.1 Å². The monoisotopic (exact) mass is 237 g/mol. The quantitative estimate of drug-likeness (QED) is 0.754. The second-order valence-electron chi connectivity index (χ2n) is 4.17. The zero-order valence-corrected chi connectivity index (χ0v) is 11.0. The molecule has 1 rings (SSSR count). The SMILES string of the molecule is CCCC(COC)NCc1cccc(OC)c1. The van der Waals surface area contributed by atoms with E-state index in [9.17, 15) is 0 Å². The molecule has 0 saturated carbocycles. The first-order chi connectivity index (χ1) is 8.30. The summed E-state index contributed by atoms with van der Waals surface area (Å²) in [4.78, 5) is 0. The van der Waals surface area contributed by atoms with E-state index >= 15 is 0 Å². The van der Waals surface area contributed by atoms with Crippen molar-refractivity contribution in [2.45, 2.75) is 32.4 Å². The molecule has 0 aliphatic carbocycles. The number of ether oxygens (including phenoxy) is 2. The molecule has 0 aliphatic rings. The van der Waals surface area contributed by atoms with Gasteiger partial charge in [0.05, 0.1) is 13.7 Å². The first-order valence-electron chi connectivity index (χ1n) is 6.15. The van der Waals surface area contributed by atoms with Gasteiger partial charge >= 0.3 is 0 Å². The number of nitrogens with one attached hydrogen (secondary N) is 1. The highest BCUT2D eigenvalue weighted by molar-refractivity contribution is 5.28. The van der Waals surface area contributed by atoms with Crippen LogP contribution in [-0.2, 0) is 11.3 Å². The Morgan fingerprint density at radius 3 is 2.76 bits per heavy atom. The maximum Gasteiger partial charge on any atom is 0.119 e. The van der Waals surface area contributed by atoms with Crippen molar-refractivity contribution >= 4 is 0 Å². The molecule has 0 aromatic heterocycles. The van der Waals surface area contributed by atoms with Crippen LogP contribution in [0.5, 0.6) is 5.75 Å². The first-order valence-corrected chi connectivity index (χ1v) is 6.15. The molecule has 0 heterocycles. The molecule has 1 N–H and O–H groups in total. The van der Waals surface area contributed by atoms with Crippen molar-refractivity contribution in [1.29, 1.82) is 0 Å². The lowest BCUT2D eigenvalue weighted by Crippen LogP contribution is -2.32. The molecule has 0 amide bonds. The van der Waals surface area contributed by atoms with Crippen molar-refractivity contribution in [2.75, 3.05) is 20.8 Å². The van der Waals surface area contributed by atoms with E-state index in [1.54, 1.807) is 14.2 Å². The molecular formula is C14H23NO2. The highest BCUT2D eigenvalue weighted by atomic mass is 16.5. The van der Waals surface area contributed by atoms with Gasteiger partial charge in [0.2, 0.25) is 0 Å². The van der Waals surface area contributed by atoms with Gasteiger partial charge in [-0.05, 0) is 24.1 Å². The van der Waals surface area contributed by atoms with Gasteiger partial charge in [0, 0.05) is 19.7 Å². The van der Waals surface area contributed by atoms with Crippen molar-refractivity contribution in [2.24, 2.45) is 0 Å². The van der Waals surface area contributed by atoms with Crippen molar-refractivity contribution in [3.05, 3.63) is 29.8 Å². The maximum absolute atomic E-state index is 5.20. The average molecular weight is 237 g/mol. The molecule has 0 radical (unpaired) electrons. The third-order valence-electron chi connectivity index (χ3n) is 2.73. The Kier molecular flexibility index (Phi) is 6.67. The molecule has 3 nitrogen and oxygen atoms in total. The minimum absolute atomic E-state index is 0.427. The second kappa shape index (κ2) is 8.09. The summed E-state index contributed by atoms with van der Waals surface area (Å²) < 4.78 is 10.4. The molecule has 1 unspecified atom stereocenters. The molecule has 1 aromatic rings. The van der Waals surface area contributed by atoms with Crippen LogP contribution in [0.4, 0.5) is 0 Å². The third-order valence-corrected chi connectivity index (χ3v) is 2.73. The maximum atomic E-state index is 5.20. The van der Waals surface area contributed by atoms with Gasteiger partial charge < -0.3 is 14.8 Å². The van der Waals surface area contributed by atoms with Crippen LogP contribution in [0.15, 0.2) is 24.3 Å². The normalized spacial score (nSPS) is 12.4. The largest absolute Gasteiger partial charge is 0.497 e. The number of rotatable bonds is 8. The van der Waals surface area contributed by atoms with Gasteiger partial charge in [0.15, 0.2) is 0 Å². The van der Waals surface area contributed by atoms with Gasteiger partial charge in [-0.25, -0.2) is 0 Å². The molecule has 0 fully saturated rings. The van der Waals surface area contributed by atoms with E-state index in [0.29, 0.717) is 6.04 Å². The zero-order chi connectivity index (χ0) is 12.5. The Balaban J connectivity index is 2.46. The summed E-state index contributed by atoms with van der Waals surface area (Å²) in [5, 5.41) is 3.51. The molecule has 0 spiro atoms. The second-order valence-corrected chi connectivity index (χ2v) is 4.17. The number of methoxy groups -OCH3 is 2. The van der Waals surface area contributed by atoms with Crippen molar-refractivity contribution in [1.82, 2.24) is 5.32 Å². The average Bonchev–Trinajstić information content (AvgIpc) is 2.37. The van der Waals surface area contributed by atoms with Gasteiger partial charge in [-0.15, -0.1) is 0 Å². The van der Waals surface area contributed by atoms with E-state index in [-0.39, 0.29) is 0 Å². The smallest absolute Gasteiger partial charge is 0.119 e.